The molecule has 7 nitrogen and oxygen atoms in total. The maximum atomic E-state index is 5.98. The number of nitrogens with zero attached hydrogens (tertiary/aromatic N) is 4. The van der Waals surface area contributed by atoms with Crippen LogP contribution in [-0.4, -0.2) is 27.3 Å². The third-order valence-corrected chi connectivity index (χ3v) is 4.90. The molecule has 4 aromatic rings. The predicted molar refractivity (Wildman–Crippen MR) is 125 cm³/mol. The number of methoxy groups -OCH3 is 1. The van der Waals surface area contributed by atoms with E-state index in [0.29, 0.717) is 17.3 Å². The minimum atomic E-state index is 0. The number of halogens is 1. The first-order valence-electron chi connectivity index (χ1n) is 10.1. The number of ether oxygens (including phenoxy) is 2. The number of aryl methyl sites for hydroxylation is 1. The molecule has 1 N–H and O–H groups in total. The third-order valence-electron chi connectivity index (χ3n) is 4.90. The van der Waals surface area contributed by atoms with Gasteiger partial charge in [0, 0.05) is 13.1 Å². The van der Waals surface area contributed by atoms with Gasteiger partial charge in [0.15, 0.2) is 23.9 Å². The normalized spacial score (nSPS) is 10.4. The van der Waals surface area contributed by atoms with E-state index < -0.39 is 0 Å². The number of benzene rings is 3. The number of aromatic nitrogens is 4. The topological polar surface area (TPSA) is 74.1 Å². The molecule has 3 aromatic carbocycles. The highest BCUT2D eigenvalue weighted by molar-refractivity contribution is 5.85. The van der Waals surface area contributed by atoms with E-state index in [4.69, 9.17) is 9.47 Å². The van der Waals surface area contributed by atoms with Crippen molar-refractivity contribution >= 4 is 12.4 Å². The highest BCUT2D eigenvalue weighted by Crippen LogP contribution is 2.29. The lowest BCUT2D eigenvalue weighted by Crippen LogP contribution is -2.12. The first-order valence-corrected chi connectivity index (χ1v) is 10.1. The molecule has 0 fully saturated rings. The summed E-state index contributed by atoms with van der Waals surface area (Å²) in [5, 5.41) is 15.4. The van der Waals surface area contributed by atoms with Gasteiger partial charge in [0.2, 0.25) is 0 Å². The van der Waals surface area contributed by atoms with Crippen LogP contribution in [0.25, 0.3) is 5.69 Å². The number of hydrogen-bond acceptors (Lipinski definition) is 6. The van der Waals surface area contributed by atoms with Crippen molar-refractivity contribution in [1.29, 1.82) is 0 Å². The van der Waals surface area contributed by atoms with Crippen LogP contribution < -0.4 is 14.8 Å². The molecule has 0 atom stereocenters. The summed E-state index contributed by atoms with van der Waals surface area (Å²) < 4.78 is 13.2. The third kappa shape index (κ3) is 5.84. The van der Waals surface area contributed by atoms with Crippen LogP contribution in [0.1, 0.15) is 22.5 Å². The molecule has 0 aliphatic carbocycles. The van der Waals surface area contributed by atoms with Gasteiger partial charge in [0.05, 0.1) is 12.8 Å². The van der Waals surface area contributed by atoms with Crippen molar-refractivity contribution in [3.8, 4) is 17.2 Å². The van der Waals surface area contributed by atoms with Gasteiger partial charge in [-0.2, -0.15) is 4.68 Å². The van der Waals surface area contributed by atoms with E-state index in [1.54, 1.807) is 11.8 Å². The van der Waals surface area contributed by atoms with E-state index in [-0.39, 0.29) is 19.0 Å². The van der Waals surface area contributed by atoms with Gasteiger partial charge in [0.1, 0.15) is 0 Å². The molecule has 1 heterocycles. The Morgan fingerprint density at radius 2 is 1.62 bits per heavy atom. The van der Waals surface area contributed by atoms with E-state index in [9.17, 15) is 0 Å². The fourth-order valence-electron chi connectivity index (χ4n) is 3.21. The van der Waals surface area contributed by atoms with Crippen LogP contribution in [0.4, 0.5) is 0 Å². The highest BCUT2D eigenvalue weighted by atomic mass is 35.5. The summed E-state index contributed by atoms with van der Waals surface area (Å²) in [5.74, 6) is 1.93. The maximum Gasteiger partial charge on any atom is 0.194 e. The summed E-state index contributed by atoms with van der Waals surface area (Å²) in [5.41, 5.74) is 4.43. The second-order valence-corrected chi connectivity index (χ2v) is 7.21. The molecule has 0 spiro atoms. The average Bonchev–Trinajstić information content (AvgIpc) is 3.28. The Hall–Kier alpha value is -3.42. The fourth-order valence-corrected chi connectivity index (χ4v) is 3.21. The zero-order valence-corrected chi connectivity index (χ0v) is 18.9. The average molecular weight is 452 g/mol. The molecule has 1 aromatic heterocycles. The molecule has 0 unspecified atom stereocenters. The van der Waals surface area contributed by atoms with E-state index in [1.165, 1.54) is 11.1 Å². The summed E-state index contributed by atoms with van der Waals surface area (Å²) in [7, 11) is 1.64. The minimum absolute atomic E-state index is 0. The molecule has 8 heteroatoms. The molecule has 32 heavy (non-hydrogen) atoms. The molecular weight excluding hydrogens is 426 g/mol. The van der Waals surface area contributed by atoms with Gasteiger partial charge in [-0.3, -0.25) is 0 Å². The monoisotopic (exact) mass is 451 g/mol. The molecule has 4 rings (SSSR count). The second-order valence-electron chi connectivity index (χ2n) is 7.21. The van der Waals surface area contributed by atoms with Crippen molar-refractivity contribution in [3.63, 3.8) is 0 Å². The van der Waals surface area contributed by atoms with Crippen LogP contribution in [0, 0.1) is 6.92 Å². The molecular formula is C24H26ClN5O2. The first kappa shape index (κ1) is 23.2. The predicted octanol–water partition coefficient (Wildman–Crippen LogP) is 4.27. The van der Waals surface area contributed by atoms with Crippen LogP contribution in [0.2, 0.25) is 0 Å². The van der Waals surface area contributed by atoms with Crippen molar-refractivity contribution in [2.45, 2.75) is 26.6 Å². The van der Waals surface area contributed by atoms with Crippen LogP contribution in [0.15, 0.2) is 72.8 Å². The Labute approximate surface area is 193 Å². The van der Waals surface area contributed by atoms with Crippen molar-refractivity contribution in [2.75, 3.05) is 7.11 Å². The quantitative estimate of drug-likeness (QED) is 0.409. The SMILES string of the molecule is COc1cc(CNCc2ccccc2)ccc1OCc1nnnn1-c1ccc(C)cc1.Cl. The van der Waals surface area contributed by atoms with Crippen LogP contribution in [0.3, 0.4) is 0 Å². The lowest BCUT2D eigenvalue weighted by Gasteiger charge is -2.13. The Morgan fingerprint density at radius 3 is 2.38 bits per heavy atom. The largest absolute Gasteiger partial charge is 0.493 e. The van der Waals surface area contributed by atoms with Gasteiger partial charge in [0.25, 0.3) is 0 Å². The molecule has 0 amide bonds. The zero-order chi connectivity index (χ0) is 21.5. The summed E-state index contributed by atoms with van der Waals surface area (Å²) in [6.45, 7) is 3.81. The number of rotatable bonds is 9. The smallest absolute Gasteiger partial charge is 0.194 e. The Morgan fingerprint density at radius 1 is 0.875 bits per heavy atom. The molecule has 0 saturated heterocycles. The zero-order valence-electron chi connectivity index (χ0n) is 18.1. The second kappa shape index (κ2) is 11.3. The van der Waals surface area contributed by atoms with Crippen molar-refractivity contribution in [1.82, 2.24) is 25.5 Å². The van der Waals surface area contributed by atoms with Gasteiger partial charge >= 0.3 is 0 Å². The van der Waals surface area contributed by atoms with Gasteiger partial charge in [-0.1, -0.05) is 54.1 Å². The number of nitrogens with one attached hydrogen (secondary N) is 1. The summed E-state index contributed by atoms with van der Waals surface area (Å²) >= 11 is 0. The molecule has 0 aliphatic heterocycles. The van der Waals surface area contributed by atoms with E-state index in [2.05, 4.69) is 33.0 Å². The van der Waals surface area contributed by atoms with Crippen LogP contribution in [0.5, 0.6) is 11.5 Å². The number of tetrazole rings is 1. The van der Waals surface area contributed by atoms with E-state index in [1.807, 2.05) is 67.6 Å². The van der Waals surface area contributed by atoms with Gasteiger partial charge in [-0.15, -0.1) is 17.5 Å². The van der Waals surface area contributed by atoms with Crippen LogP contribution >= 0.6 is 12.4 Å². The molecule has 0 saturated carbocycles. The van der Waals surface area contributed by atoms with Crippen molar-refractivity contribution in [3.05, 3.63) is 95.3 Å². The van der Waals surface area contributed by atoms with Crippen LogP contribution in [-0.2, 0) is 19.7 Å². The molecule has 166 valence electrons. The van der Waals surface area contributed by atoms with Gasteiger partial charge in [-0.25, -0.2) is 0 Å². The number of hydrogen-bond donors (Lipinski definition) is 1. The maximum absolute atomic E-state index is 5.98. The molecule has 0 radical (unpaired) electrons. The summed E-state index contributed by atoms with van der Waals surface area (Å²) in [6, 6.07) is 24.2. The van der Waals surface area contributed by atoms with Crippen molar-refractivity contribution < 1.29 is 9.47 Å². The molecule has 0 aliphatic rings. The van der Waals surface area contributed by atoms with Gasteiger partial charge in [-0.05, 0) is 52.7 Å². The van der Waals surface area contributed by atoms with Gasteiger partial charge < -0.3 is 14.8 Å². The Balaban J connectivity index is 0.00000289. The lowest BCUT2D eigenvalue weighted by molar-refractivity contribution is 0.273. The highest BCUT2D eigenvalue weighted by Gasteiger charge is 2.12. The Kier molecular flexibility index (Phi) is 8.19. The lowest BCUT2D eigenvalue weighted by atomic mass is 10.2. The minimum Gasteiger partial charge on any atom is -0.493 e. The van der Waals surface area contributed by atoms with E-state index >= 15 is 0 Å². The summed E-state index contributed by atoms with van der Waals surface area (Å²) in [4.78, 5) is 0. The van der Waals surface area contributed by atoms with E-state index in [0.717, 1.165) is 24.3 Å². The fraction of sp³-hybridized carbons (Fsp3) is 0.208. The van der Waals surface area contributed by atoms with Crippen molar-refractivity contribution in [2.24, 2.45) is 0 Å². The molecule has 0 bridgehead atoms. The first-order chi connectivity index (χ1) is 15.2. The standard InChI is InChI=1S/C24H25N5O2.ClH/c1-18-8-11-21(12-9-18)29-24(26-27-28-29)17-31-22-13-10-20(14-23(22)30-2)16-25-15-19-6-4-3-5-7-19;/h3-14,25H,15-17H2,1-2H3;1H. The summed E-state index contributed by atoms with van der Waals surface area (Å²) in [6.07, 6.45) is 0. The Bertz CT molecular complexity index is 1120.